The normalized spacial score (nSPS) is 10.9. The van der Waals surface area contributed by atoms with Crippen LogP contribution in [0.1, 0.15) is 10.4 Å². The Hall–Kier alpha value is -4.15. The Morgan fingerprint density at radius 2 is 1.09 bits per heavy atom. The zero-order chi connectivity index (χ0) is 23.0. The smallest absolute Gasteiger partial charge is 0.0759 e. The van der Waals surface area contributed by atoms with E-state index < -0.39 is 0 Å². The number of hydrogen-bond donors (Lipinski definition) is 0. The molecule has 34 heavy (non-hydrogen) atoms. The van der Waals surface area contributed by atoms with Gasteiger partial charge in [0.05, 0.1) is 18.4 Å². The number of nitrogens with zero attached hydrogens (tertiary/aromatic N) is 3. The Labute approximate surface area is 204 Å². The summed E-state index contributed by atoms with van der Waals surface area (Å²) in [4.78, 5) is 3.53. The number of rotatable bonds is 8. The highest BCUT2D eigenvalue weighted by molar-refractivity contribution is 7.09. The molecule has 166 valence electrons. The van der Waals surface area contributed by atoms with Crippen LogP contribution in [0.4, 0.5) is 22.7 Å². The van der Waals surface area contributed by atoms with Crippen molar-refractivity contribution in [3.8, 4) is 0 Å². The van der Waals surface area contributed by atoms with Gasteiger partial charge in [-0.05, 0) is 65.5 Å². The predicted octanol–water partition coefficient (Wildman–Crippen LogP) is 8.26. The van der Waals surface area contributed by atoms with E-state index in [-0.39, 0.29) is 0 Å². The molecule has 1 aromatic heterocycles. The molecule has 5 aromatic rings. The van der Waals surface area contributed by atoms with E-state index in [2.05, 4.69) is 107 Å². The van der Waals surface area contributed by atoms with Crippen LogP contribution in [0.3, 0.4) is 0 Å². The standard InChI is InChI=1S/C30H25N3S/c1-4-11-26(12-5-1)32(24-30-17-10-22-34-30)31-23-25-18-20-29(21-19-25)33(27-13-6-2-7-14-27)28-15-8-3-9-16-28/h1-23H,24H2. The van der Waals surface area contributed by atoms with Crippen molar-refractivity contribution in [1.29, 1.82) is 0 Å². The van der Waals surface area contributed by atoms with Crippen LogP contribution in [0.2, 0.25) is 0 Å². The third kappa shape index (κ3) is 5.25. The highest BCUT2D eigenvalue weighted by atomic mass is 32.1. The summed E-state index contributed by atoms with van der Waals surface area (Å²) in [5, 5.41) is 8.98. The molecule has 0 saturated carbocycles. The SMILES string of the molecule is C(=NN(Cc1cccs1)c1ccccc1)c1ccc(N(c2ccccc2)c2ccccc2)cc1. The lowest BCUT2D eigenvalue weighted by molar-refractivity contribution is 0.871. The molecule has 0 aliphatic carbocycles. The third-order valence-corrected chi connectivity index (χ3v) is 6.33. The van der Waals surface area contributed by atoms with Crippen LogP contribution in [0, 0.1) is 0 Å². The van der Waals surface area contributed by atoms with E-state index in [1.807, 2.05) is 41.6 Å². The third-order valence-electron chi connectivity index (χ3n) is 5.47. The first-order valence-corrected chi connectivity index (χ1v) is 12.1. The first kappa shape index (κ1) is 21.7. The first-order valence-electron chi connectivity index (χ1n) is 11.3. The van der Waals surface area contributed by atoms with E-state index in [4.69, 9.17) is 5.10 Å². The van der Waals surface area contributed by atoms with Gasteiger partial charge >= 0.3 is 0 Å². The van der Waals surface area contributed by atoms with Crippen molar-refractivity contribution in [3.05, 3.63) is 143 Å². The Morgan fingerprint density at radius 1 is 0.559 bits per heavy atom. The van der Waals surface area contributed by atoms with Crippen molar-refractivity contribution in [2.75, 3.05) is 9.91 Å². The maximum Gasteiger partial charge on any atom is 0.0759 e. The molecule has 0 aliphatic rings. The Balaban J connectivity index is 1.41. The number of hydrogen-bond acceptors (Lipinski definition) is 4. The molecule has 0 fully saturated rings. The average molecular weight is 460 g/mol. The number of benzene rings is 4. The van der Waals surface area contributed by atoms with Gasteiger partial charge in [0.2, 0.25) is 0 Å². The van der Waals surface area contributed by atoms with Gasteiger partial charge in [0.1, 0.15) is 0 Å². The summed E-state index contributed by atoms with van der Waals surface area (Å²) in [7, 11) is 0. The molecule has 4 aromatic carbocycles. The maximum absolute atomic E-state index is 4.83. The minimum Gasteiger partial charge on any atom is -0.311 e. The van der Waals surface area contributed by atoms with Gasteiger partial charge in [-0.15, -0.1) is 11.3 Å². The molecule has 3 nitrogen and oxygen atoms in total. The topological polar surface area (TPSA) is 18.8 Å². The fraction of sp³-hybridized carbons (Fsp3) is 0.0333. The maximum atomic E-state index is 4.83. The van der Waals surface area contributed by atoms with Crippen molar-refractivity contribution in [2.24, 2.45) is 5.10 Å². The number of para-hydroxylation sites is 3. The largest absolute Gasteiger partial charge is 0.311 e. The molecule has 1 heterocycles. The second-order valence-electron chi connectivity index (χ2n) is 7.82. The van der Waals surface area contributed by atoms with Gasteiger partial charge in [0, 0.05) is 21.9 Å². The second-order valence-corrected chi connectivity index (χ2v) is 8.85. The zero-order valence-electron chi connectivity index (χ0n) is 18.7. The molecular formula is C30H25N3S. The lowest BCUT2D eigenvalue weighted by atomic mass is 10.1. The molecule has 0 spiro atoms. The molecule has 0 bridgehead atoms. The van der Waals surface area contributed by atoms with Gasteiger partial charge in [-0.25, -0.2) is 0 Å². The molecular weight excluding hydrogens is 434 g/mol. The fourth-order valence-corrected chi connectivity index (χ4v) is 4.48. The average Bonchev–Trinajstić information content (AvgIpc) is 3.43. The Bertz CT molecular complexity index is 1260. The van der Waals surface area contributed by atoms with Crippen LogP contribution in [0.5, 0.6) is 0 Å². The molecule has 4 heteroatoms. The lowest BCUT2D eigenvalue weighted by Crippen LogP contribution is -2.15. The summed E-state index contributed by atoms with van der Waals surface area (Å²) in [5.41, 5.74) is 5.48. The minimum atomic E-state index is 0.742. The summed E-state index contributed by atoms with van der Waals surface area (Å²) >= 11 is 1.75. The summed E-state index contributed by atoms with van der Waals surface area (Å²) in [6.45, 7) is 0.742. The monoisotopic (exact) mass is 459 g/mol. The highest BCUT2D eigenvalue weighted by Crippen LogP contribution is 2.34. The number of thiophene rings is 1. The summed E-state index contributed by atoms with van der Waals surface area (Å²) < 4.78 is 0. The first-order chi connectivity index (χ1) is 16.9. The van der Waals surface area contributed by atoms with E-state index in [1.54, 1.807) is 11.3 Å². The Morgan fingerprint density at radius 3 is 1.62 bits per heavy atom. The summed E-state index contributed by atoms with van der Waals surface area (Å²) in [5.74, 6) is 0. The van der Waals surface area contributed by atoms with Gasteiger partial charge in [-0.1, -0.05) is 72.8 Å². The molecule has 0 aliphatic heterocycles. The quantitative estimate of drug-likeness (QED) is 0.172. The zero-order valence-corrected chi connectivity index (χ0v) is 19.6. The van der Waals surface area contributed by atoms with Gasteiger partial charge in [0.25, 0.3) is 0 Å². The number of hydrazone groups is 1. The van der Waals surface area contributed by atoms with E-state index in [9.17, 15) is 0 Å². The lowest BCUT2D eigenvalue weighted by Gasteiger charge is -2.25. The van der Waals surface area contributed by atoms with Crippen molar-refractivity contribution in [3.63, 3.8) is 0 Å². The van der Waals surface area contributed by atoms with Gasteiger partial charge in [-0.2, -0.15) is 5.10 Å². The van der Waals surface area contributed by atoms with Gasteiger partial charge in [-0.3, -0.25) is 5.01 Å². The second kappa shape index (κ2) is 10.6. The molecule has 0 saturated heterocycles. The highest BCUT2D eigenvalue weighted by Gasteiger charge is 2.11. The molecule has 0 amide bonds. The molecule has 5 rings (SSSR count). The van der Waals surface area contributed by atoms with Gasteiger partial charge in [0.15, 0.2) is 0 Å². The summed E-state index contributed by atoms with van der Waals surface area (Å²) in [6.07, 6.45) is 1.93. The van der Waals surface area contributed by atoms with Crippen LogP contribution in [-0.4, -0.2) is 6.21 Å². The van der Waals surface area contributed by atoms with Crippen LogP contribution in [0.25, 0.3) is 0 Å². The molecule has 0 atom stereocenters. The molecule has 0 radical (unpaired) electrons. The predicted molar refractivity (Wildman–Crippen MR) is 146 cm³/mol. The van der Waals surface area contributed by atoms with Crippen LogP contribution in [-0.2, 0) is 6.54 Å². The van der Waals surface area contributed by atoms with Crippen molar-refractivity contribution >= 4 is 40.3 Å². The van der Waals surface area contributed by atoms with Crippen LogP contribution >= 0.6 is 11.3 Å². The van der Waals surface area contributed by atoms with Crippen molar-refractivity contribution in [1.82, 2.24) is 0 Å². The van der Waals surface area contributed by atoms with E-state index >= 15 is 0 Å². The van der Waals surface area contributed by atoms with E-state index in [0.29, 0.717) is 0 Å². The van der Waals surface area contributed by atoms with E-state index in [1.165, 1.54) is 4.88 Å². The van der Waals surface area contributed by atoms with Crippen molar-refractivity contribution < 1.29 is 0 Å². The van der Waals surface area contributed by atoms with Gasteiger partial charge < -0.3 is 4.90 Å². The van der Waals surface area contributed by atoms with Crippen LogP contribution < -0.4 is 9.91 Å². The van der Waals surface area contributed by atoms with Crippen molar-refractivity contribution in [2.45, 2.75) is 6.54 Å². The fourth-order valence-electron chi connectivity index (χ4n) is 3.80. The number of anilines is 4. The minimum absolute atomic E-state index is 0.742. The Kier molecular flexibility index (Phi) is 6.79. The molecule has 0 N–H and O–H groups in total. The molecule has 0 unspecified atom stereocenters. The van der Waals surface area contributed by atoms with E-state index in [0.717, 1.165) is 34.9 Å². The summed E-state index contributed by atoms with van der Waals surface area (Å²) in [6, 6.07) is 43.9. The van der Waals surface area contributed by atoms with Crippen LogP contribution in [0.15, 0.2) is 138 Å².